The zero-order chi connectivity index (χ0) is 13.8. The number of nitrogens with two attached hydrogens (primary N) is 1. The molecular formula is C14H15N3O2. The summed E-state index contributed by atoms with van der Waals surface area (Å²) in [5, 5.41) is 23.3. The van der Waals surface area contributed by atoms with Gasteiger partial charge in [0.05, 0.1) is 17.9 Å². The van der Waals surface area contributed by atoms with Gasteiger partial charge in [-0.2, -0.15) is 5.10 Å². The topological polar surface area (TPSA) is 91.7 Å². The van der Waals surface area contributed by atoms with Crippen molar-refractivity contribution in [3.8, 4) is 5.75 Å². The summed E-state index contributed by atoms with van der Waals surface area (Å²) >= 11 is 0. The number of hydrogen-bond acceptors (Lipinski definition) is 5. The van der Waals surface area contributed by atoms with Crippen molar-refractivity contribution in [1.29, 1.82) is 0 Å². The van der Waals surface area contributed by atoms with Gasteiger partial charge in [0.1, 0.15) is 11.5 Å². The number of hydrogen-bond donors (Lipinski definition) is 3. The van der Waals surface area contributed by atoms with Gasteiger partial charge >= 0.3 is 0 Å². The van der Waals surface area contributed by atoms with Crippen LogP contribution in [-0.2, 0) is 6.61 Å². The zero-order valence-electron chi connectivity index (χ0n) is 10.5. The second-order valence-corrected chi connectivity index (χ2v) is 4.09. The third-order valence-electron chi connectivity index (χ3n) is 2.90. The van der Waals surface area contributed by atoms with Crippen molar-refractivity contribution in [3.63, 3.8) is 0 Å². The van der Waals surface area contributed by atoms with Crippen molar-refractivity contribution >= 4 is 5.71 Å². The molecule has 1 aromatic carbocycles. The van der Waals surface area contributed by atoms with Crippen LogP contribution in [0.15, 0.2) is 41.6 Å². The Labute approximate surface area is 111 Å². The van der Waals surface area contributed by atoms with Crippen LogP contribution in [0, 0.1) is 6.92 Å². The maximum Gasteiger partial charge on any atom is 0.146 e. The van der Waals surface area contributed by atoms with Crippen LogP contribution < -0.4 is 5.84 Å². The Morgan fingerprint density at radius 3 is 2.58 bits per heavy atom. The molecule has 19 heavy (non-hydrogen) atoms. The molecule has 0 saturated heterocycles. The van der Waals surface area contributed by atoms with E-state index in [1.807, 2.05) is 30.3 Å². The molecule has 0 aliphatic carbocycles. The molecule has 5 heteroatoms. The molecule has 0 aliphatic rings. The highest BCUT2D eigenvalue weighted by molar-refractivity contribution is 6.15. The number of rotatable bonds is 3. The minimum absolute atomic E-state index is 0.0143. The van der Waals surface area contributed by atoms with Gasteiger partial charge in [0, 0.05) is 17.3 Å². The van der Waals surface area contributed by atoms with Gasteiger partial charge in [-0.3, -0.25) is 4.98 Å². The van der Waals surface area contributed by atoms with Crippen molar-refractivity contribution < 1.29 is 10.2 Å². The molecule has 0 fully saturated rings. The van der Waals surface area contributed by atoms with E-state index in [2.05, 4.69) is 10.1 Å². The molecule has 0 aliphatic heterocycles. The maximum atomic E-state index is 10.2. The zero-order valence-corrected chi connectivity index (χ0v) is 10.5. The molecule has 1 aromatic heterocycles. The monoisotopic (exact) mass is 257 g/mol. The maximum absolute atomic E-state index is 10.2. The van der Waals surface area contributed by atoms with Crippen LogP contribution in [-0.4, -0.2) is 20.9 Å². The Balaban J connectivity index is 2.66. The lowest BCUT2D eigenvalue weighted by Gasteiger charge is -2.13. The summed E-state index contributed by atoms with van der Waals surface area (Å²) in [6.07, 6.45) is 1.51. The number of hydrazone groups is 1. The highest BCUT2D eigenvalue weighted by atomic mass is 16.3. The van der Waals surface area contributed by atoms with Crippen LogP contribution in [0.3, 0.4) is 0 Å². The lowest BCUT2D eigenvalue weighted by atomic mass is 9.97. The smallest absolute Gasteiger partial charge is 0.146 e. The Morgan fingerprint density at radius 1 is 1.32 bits per heavy atom. The summed E-state index contributed by atoms with van der Waals surface area (Å²) in [4.78, 5) is 4.01. The van der Waals surface area contributed by atoms with E-state index in [9.17, 15) is 10.2 Å². The summed E-state index contributed by atoms with van der Waals surface area (Å²) in [5.41, 5.74) is 2.55. The van der Waals surface area contributed by atoms with Crippen LogP contribution in [0.2, 0.25) is 0 Å². The number of aryl methyl sites for hydroxylation is 1. The van der Waals surface area contributed by atoms with E-state index >= 15 is 0 Å². The predicted octanol–water partition coefficient (Wildman–Crippen LogP) is 1.30. The summed E-state index contributed by atoms with van der Waals surface area (Å²) in [6, 6.07) is 9.25. The van der Waals surface area contributed by atoms with E-state index < -0.39 is 0 Å². The SMILES string of the molecule is Cc1ncc(CO)c(/C(=N\N)c2ccccc2)c1O. The van der Waals surface area contributed by atoms with E-state index in [0.717, 1.165) is 5.56 Å². The summed E-state index contributed by atoms with van der Waals surface area (Å²) in [7, 11) is 0. The summed E-state index contributed by atoms with van der Waals surface area (Å²) in [5.74, 6) is 5.44. The van der Waals surface area contributed by atoms with Crippen LogP contribution in [0.4, 0.5) is 0 Å². The number of aromatic nitrogens is 1. The minimum atomic E-state index is -0.248. The Hall–Kier alpha value is -2.40. The molecule has 2 rings (SSSR count). The molecule has 0 spiro atoms. The first kappa shape index (κ1) is 13.0. The first-order valence-corrected chi connectivity index (χ1v) is 5.81. The molecule has 0 saturated carbocycles. The Morgan fingerprint density at radius 2 is 2.00 bits per heavy atom. The van der Waals surface area contributed by atoms with Gasteiger partial charge in [-0.15, -0.1) is 0 Å². The number of nitrogens with zero attached hydrogens (tertiary/aromatic N) is 2. The molecule has 98 valence electrons. The van der Waals surface area contributed by atoms with Crippen molar-refractivity contribution in [2.75, 3.05) is 0 Å². The van der Waals surface area contributed by atoms with Gasteiger partial charge in [-0.05, 0) is 6.92 Å². The van der Waals surface area contributed by atoms with Gasteiger partial charge in [0.15, 0.2) is 0 Å². The molecular weight excluding hydrogens is 242 g/mol. The first-order valence-electron chi connectivity index (χ1n) is 5.81. The van der Waals surface area contributed by atoms with Crippen LogP contribution in [0.1, 0.15) is 22.4 Å². The molecule has 4 N–H and O–H groups in total. The Kier molecular flexibility index (Phi) is 3.77. The fraction of sp³-hybridized carbons (Fsp3) is 0.143. The lowest BCUT2D eigenvalue weighted by Crippen LogP contribution is -2.11. The van der Waals surface area contributed by atoms with Gasteiger partial charge in [0.2, 0.25) is 0 Å². The van der Waals surface area contributed by atoms with Crippen LogP contribution in [0.25, 0.3) is 0 Å². The molecule has 0 bridgehead atoms. The third kappa shape index (κ3) is 2.41. The second-order valence-electron chi connectivity index (χ2n) is 4.09. The molecule has 5 nitrogen and oxygen atoms in total. The normalized spacial score (nSPS) is 11.6. The van der Waals surface area contributed by atoms with E-state index in [1.165, 1.54) is 6.20 Å². The van der Waals surface area contributed by atoms with E-state index in [1.54, 1.807) is 6.92 Å². The molecule has 0 radical (unpaired) electrons. The molecule has 0 unspecified atom stereocenters. The number of aliphatic hydroxyl groups is 1. The van der Waals surface area contributed by atoms with Crippen LogP contribution >= 0.6 is 0 Å². The number of aliphatic hydroxyl groups excluding tert-OH is 1. The highest BCUT2D eigenvalue weighted by Crippen LogP contribution is 2.26. The fourth-order valence-electron chi connectivity index (χ4n) is 1.90. The number of aromatic hydroxyl groups is 1. The highest BCUT2D eigenvalue weighted by Gasteiger charge is 2.18. The average Bonchev–Trinajstić information content (AvgIpc) is 2.45. The molecule has 2 aromatic rings. The predicted molar refractivity (Wildman–Crippen MR) is 72.8 cm³/mol. The van der Waals surface area contributed by atoms with Gasteiger partial charge in [-0.1, -0.05) is 30.3 Å². The first-order chi connectivity index (χ1) is 9.19. The van der Waals surface area contributed by atoms with Crippen LogP contribution in [0.5, 0.6) is 5.75 Å². The molecule has 0 amide bonds. The van der Waals surface area contributed by atoms with E-state index in [0.29, 0.717) is 22.5 Å². The van der Waals surface area contributed by atoms with E-state index in [-0.39, 0.29) is 12.4 Å². The van der Waals surface area contributed by atoms with Crippen molar-refractivity contribution in [1.82, 2.24) is 4.98 Å². The Bertz CT molecular complexity index is 610. The quantitative estimate of drug-likeness (QED) is 0.439. The summed E-state index contributed by atoms with van der Waals surface area (Å²) < 4.78 is 0. The van der Waals surface area contributed by atoms with Gasteiger partial charge in [-0.25, -0.2) is 0 Å². The largest absolute Gasteiger partial charge is 0.505 e. The van der Waals surface area contributed by atoms with Crippen molar-refractivity contribution in [2.45, 2.75) is 13.5 Å². The van der Waals surface area contributed by atoms with Gasteiger partial charge < -0.3 is 16.1 Å². The second kappa shape index (κ2) is 5.49. The summed E-state index contributed by atoms with van der Waals surface area (Å²) in [6.45, 7) is 1.43. The van der Waals surface area contributed by atoms with Gasteiger partial charge in [0.25, 0.3) is 0 Å². The molecule has 0 atom stereocenters. The number of benzene rings is 1. The lowest BCUT2D eigenvalue weighted by molar-refractivity contribution is 0.280. The standard InChI is InChI=1S/C14H15N3O2/c1-9-14(19)12(11(8-18)7-16-9)13(17-15)10-5-3-2-4-6-10/h2-7,18-19H,8,15H2,1H3/b17-13-. The minimum Gasteiger partial charge on any atom is -0.505 e. The fourth-order valence-corrected chi connectivity index (χ4v) is 1.90. The van der Waals surface area contributed by atoms with Crippen molar-refractivity contribution in [2.24, 2.45) is 10.9 Å². The molecule has 1 heterocycles. The number of pyridine rings is 1. The average molecular weight is 257 g/mol. The van der Waals surface area contributed by atoms with E-state index in [4.69, 9.17) is 5.84 Å². The third-order valence-corrected chi connectivity index (χ3v) is 2.90. The van der Waals surface area contributed by atoms with Crippen molar-refractivity contribution in [3.05, 3.63) is 58.9 Å².